The molecule has 2 saturated heterocycles. The summed E-state index contributed by atoms with van der Waals surface area (Å²) in [5, 5.41) is 21.7. The van der Waals surface area contributed by atoms with Gasteiger partial charge in [-0.1, -0.05) is 6.07 Å². The summed E-state index contributed by atoms with van der Waals surface area (Å²) < 4.78 is 25.0. The SMILES string of the molecule is Cc1ccc(F)cc1-c1cc(C#N)c(N[C@@H]2C[C@@H]3CN(C[C@H]4COCCO4)C[C@@H]3C2)nn1. The number of nitrogens with one attached hydrogen (secondary N) is 1. The first kappa shape index (κ1) is 21.3. The lowest BCUT2D eigenvalue weighted by Crippen LogP contribution is -2.39. The van der Waals surface area contributed by atoms with Crippen LogP contribution in [0.1, 0.15) is 24.0 Å². The van der Waals surface area contributed by atoms with Crippen LogP contribution >= 0.6 is 0 Å². The van der Waals surface area contributed by atoms with E-state index in [4.69, 9.17) is 9.47 Å². The Morgan fingerprint density at radius 2 is 2.00 bits per heavy atom. The molecular weight excluding hydrogens is 409 g/mol. The average Bonchev–Trinajstić information content (AvgIpc) is 3.34. The van der Waals surface area contributed by atoms with Crippen LogP contribution in [0.2, 0.25) is 0 Å². The minimum atomic E-state index is -0.331. The second-order valence-electron chi connectivity index (χ2n) is 9.18. The van der Waals surface area contributed by atoms with Crippen molar-refractivity contribution in [3.05, 3.63) is 41.2 Å². The van der Waals surface area contributed by atoms with E-state index in [9.17, 15) is 9.65 Å². The maximum absolute atomic E-state index is 13.7. The van der Waals surface area contributed by atoms with E-state index in [1.807, 2.05) is 6.92 Å². The highest BCUT2D eigenvalue weighted by atomic mass is 19.1. The first-order valence-corrected chi connectivity index (χ1v) is 11.3. The summed E-state index contributed by atoms with van der Waals surface area (Å²) in [4.78, 5) is 2.50. The molecule has 1 aromatic heterocycles. The number of aromatic nitrogens is 2. The number of benzene rings is 1. The number of ether oxygens (including phenoxy) is 2. The van der Waals surface area contributed by atoms with Crippen molar-refractivity contribution >= 4 is 5.82 Å². The Kier molecular flexibility index (Phi) is 6.05. The van der Waals surface area contributed by atoms with Crippen LogP contribution in [0.5, 0.6) is 0 Å². The normalized spacial score (nSPS) is 27.8. The molecule has 5 rings (SSSR count). The van der Waals surface area contributed by atoms with E-state index in [1.165, 1.54) is 12.1 Å². The zero-order valence-electron chi connectivity index (χ0n) is 18.3. The van der Waals surface area contributed by atoms with E-state index in [2.05, 4.69) is 26.5 Å². The Balaban J connectivity index is 1.21. The summed E-state index contributed by atoms with van der Waals surface area (Å²) in [6.07, 6.45) is 2.30. The highest BCUT2D eigenvalue weighted by Gasteiger charge is 2.41. The summed E-state index contributed by atoms with van der Waals surface area (Å²) in [5.41, 5.74) is 2.50. The topological polar surface area (TPSA) is 83.3 Å². The van der Waals surface area contributed by atoms with Gasteiger partial charge in [-0.2, -0.15) is 5.26 Å². The number of nitriles is 1. The molecule has 3 aliphatic rings. The summed E-state index contributed by atoms with van der Waals surface area (Å²) in [7, 11) is 0. The van der Waals surface area contributed by atoms with Gasteiger partial charge in [0.15, 0.2) is 5.82 Å². The first-order chi connectivity index (χ1) is 15.6. The molecule has 3 fully saturated rings. The van der Waals surface area contributed by atoms with Crippen molar-refractivity contribution in [3.8, 4) is 17.3 Å². The smallest absolute Gasteiger partial charge is 0.166 e. The molecule has 8 heteroatoms. The molecule has 0 amide bonds. The van der Waals surface area contributed by atoms with Gasteiger partial charge >= 0.3 is 0 Å². The van der Waals surface area contributed by atoms with E-state index in [0.717, 1.165) is 38.0 Å². The fraction of sp³-hybridized carbons (Fsp3) is 0.542. The summed E-state index contributed by atoms with van der Waals surface area (Å²) >= 11 is 0. The number of rotatable bonds is 5. The predicted octanol–water partition coefficient (Wildman–Crippen LogP) is 3.00. The van der Waals surface area contributed by atoms with Crippen molar-refractivity contribution in [2.24, 2.45) is 11.8 Å². The van der Waals surface area contributed by atoms with Gasteiger partial charge in [0.2, 0.25) is 0 Å². The minimum absolute atomic E-state index is 0.185. The van der Waals surface area contributed by atoms with Gasteiger partial charge in [0.1, 0.15) is 11.9 Å². The van der Waals surface area contributed by atoms with E-state index in [1.54, 1.807) is 12.1 Å². The predicted molar refractivity (Wildman–Crippen MR) is 118 cm³/mol. The average molecular weight is 438 g/mol. The molecule has 0 radical (unpaired) electrons. The Morgan fingerprint density at radius 3 is 2.72 bits per heavy atom. The molecule has 1 aromatic carbocycles. The van der Waals surface area contributed by atoms with Crippen molar-refractivity contribution in [2.75, 3.05) is 44.8 Å². The fourth-order valence-corrected chi connectivity index (χ4v) is 5.37. The monoisotopic (exact) mass is 437 g/mol. The van der Waals surface area contributed by atoms with Crippen molar-refractivity contribution in [1.82, 2.24) is 15.1 Å². The molecule has 168 valence electrons. The highest BCUT2D eigenvalue weighted by Crippen LogP contribution is 2.39. The van der Waals surface area contributed by atoms with E-state index >= 15 is 0 Å². The quantitative estimate of drug-likeness (QED) is 0.770. The molecule has 32 heavy (non-hydrogen) atoms. The van der Waals surface area contributed by atoms with Crippen molar-refractivity contribution in [1.29, 1.82) is 5.26 Å². The Labute approximate surface area is 187 Å². The Morgan fingerprint density at radius 1 is 1.19 bits per heavy atom. The second-order valence-corrected chi connectivity index (χ2v) is 9.18. The second kappa shape index (κ2) is 9.10. The largest absolute Gasteiger partial charge is 0.376 e. The lowest BCUT2D eigenvalue weighted by Gasteiger charge is -2.28. The van der Waals surface area contributed by atoms with E-state index < -0.39 is 0 Å². The molecule has 7 nitrogen and oxygen atoms in total. The Hall–Kier alpha value is -2.60. The number of anilines is 1. The molecule has 0 bridgehead atoms. The van der Waals surface area contributed by atoms with Gasteiger partial charge in [-0.3, -0.25) is 0 Å². The van der Waals surface area contributed by atoms with E-state index in [-0.39, 0.29) is 18.0 Å². The van der Waals surface area contributed by atoms with Crippen LogP contribution in [0.3, 0.4) is 0 Å². The number of hydrogen-bond acceptors (Lipinski definition) is 7. The van der Waals surface area contributed by atoms with Crippen LogP contribution in [0.4, 0.5) is 10.2 Å². The molecule has 0 unspecified atom stereocenters. The number of aryl methyl sites for hydroxylation is 1. The zero-order chi connectivity index (χ0) is 22.1. The molecule has 1 N–H and O–H groups in total. The number of nitrogens with zero attached hydrogens (tertiary/aromatic N) is 4. The van der Waals surface area contributed by atoms with Crippen LogP contribution in [0.15, 0.2) is 24.3 Å². The van der Waals surface area contributed by atoms with Gasteiger partial charge < -0.3 is 19.7 Å². The van der Waals surface area contributed by atoms with Crippen LogP contribution in [0, 0.1) is 35.9 Å². The maximum atomic E-state index is 13.7. The van der Waals surface area contributed by atoms with Crippen LogP contribution < -0.4 is 5.32 Å². The van der Waals surface area contributed by atoms with Gasteiger partial charge in [-0.15, -0.1) is 10.2 Å². The lowest BCUT2D eigenvalue weighted by atomic mass is 10.0. The van der Waals surface area contributed by atoms with Gasteiger partial charge in [0.05, 0.1) is 37.2 Å². The standard InChI is InChI=1S/C24H28FN5O2/c1-15-2-3-19(25)9-22(15)23-8-16(10-26)24(29-28-23)27-20-6-17-11-30(12-18(17)7-20)13-21-14-31-4-5-32-21/h2-3,8-9,17-18,20-21H,4-7,11-14H2,1H3,(H,27,29)/t17-,18+,20-,21-/m0/s1. The molecule has 2 aromatic rings. The number of fused-ring (bicyclic) bond motifs is 1. The summed E-state index contributed by atoms with van der Waals surface area (Å²) in [6, 6.07) is 8.76. The minimum Gasteiger partial charge on any atom is -0.376 e. The molecule has 1 aliphatic carbocycles. The number of likely N-dealkylation sites (tertiary alicyclic amines) is 1. The molecule has 2 aliphatic heterocycles. The van der Waals surface area contributed by atoms with Gasteiger partial charge in [-0.25, -0.2) is 4.39 Å². The van der Waals surface area contributed by atoms with Gasteiger partial charge in [0, 0.05) is 31.2 Å². The Bertz CT molecular complexity index is 1010. The zero-order valence-corrected chi connectivity index (χ0v) is 18.3. The summed E-state index contributed by atoms with van der Waals surface area (Å²) in [5.74, 6) is 1.47. The van der Waals surface area contributed by atoms with Gasteiger partial charge in [0.25, 0.3) is 0 Å². The van der Waals surface area contributed by atoms with Crippen molar-refractivity contribution in [2.45, 2.75) is 31.9 Å². The maximum Gasteiger partial charge on any atom is 0.166 e. The number of halogens is 1. The fourth-order valence-electron chi connectivity index (χ4n) is 5.37. The molecular formula is C24H28FN5O2. The summed E-state index contributed by atoms with van der Waals surface area (Å²) in [6.45, 7) is 7.08. The van der Waals surface area contributed by atoms with Crippen LogP contribution in [-0.4, -0.2) is 66.7 Å². The molecule has 1 saturated carbocycles. The third kappa shape index (κ3) is 4.46. The van der Waals surface area contributed by atoms with Crippen LogP contribution in [0.25, 0.3) is 11.3 Å². The number of hydrogen-bond donors (Lipinski definition) is 1. The molecule has 0 spiro atoms. The third-order valence-electron chi connectivity index (χ3n) is 6.90. The van der Waals surface area contributed by atoms with Crippen LogP contribution in [-0.2, 0) is 9.47 Å². The lowest BCUT2D eigenvalue weighted by molar-refractivity contribution is -0.0964. The van der Waals surface area contributed by atoms with Gasteiger partial charge in [-0.05, 0) is 55.4 Å². The molecule has 3 heterocycles. The van der Waals surface area contributed by atoms with Crippen molar-refractivity contribution < 1.29 is 13.9 Å². The molecule has 4 atom stereocenters. The van der Waals surface area contributed by atoms with E-state index in [0.29, 0.717) is 54.3 Å². The first-order valence-electron chi connectivity index (χ1n) is 11.3. The highest BCUT2D eigenvalue weighted by molar-refractivity contribution is 5.67. The third-order valence-corrected chi connectivity index (χ3v) is 6.90. The van der Waals surface area contributed by atoms with Crippen molar-refractivity contribution in [3.63, 3.8) is 0 Å².